The van der Waals surface area contributed by atoms with Crippen molar-refractivity contribution in [2.24, 2.45) is 0 Å². The number of fused-ring (bicyclic) bond motifs is 1. The largest absolute Gasteiger partial charge is 0.454 e. The molecule has 0 amide bonds. The average molecular weight is 271 g/mol. The first-order valence-electron chi connectivity index (χ1n) is 6.67. The van der Waals surface area contributed by atoms with Crippen molar-refractivity contribution >= 4 is 11.5 Å². The lowest BCUT2D eigenvalue weighted by Gasteiger charge is -2.09. The van der Waals surface area contributed by atoms with Crippen LogP contribution in [0, 0.1) is 0 Å². The van der Waals surface area contributed by atoms with Gasteiger partial charge < -0.3 is 20.1 Å². The van der Waals surface area contributed by atoms with Crippen LogP contribution in [-0.2, 0) is 6.54 Å². The highest BCUT2D eigenvalue weighted by Gasteiger charge is 2.12. The fraction of sp³-hybridized carbons (Fsp3) is 0.267. The van der Waals surface area contributed by atoms with E-state index in [1.54, 1.807) is 6.20 Å². The van der Waals surface area contributed by atoms with Crippen LogP contribution in [0.3, 0.4) is 0 Å². The molecule has 1 aliphatic heterocycles. The van der Waals surface area contributed by atoms with E-state index in [0.29, 0.717) is 6.79 Å². The van der Waals surface area contributed by atoms with Gasteiger partial charge in [-0.2, -0.15) is 0 Å². The zero-order chi connectivity index (χ0) is 13.8. The lowest BCUT2D eigenvalue weighted by Crippen LogP contribution is -2.02. The Morgan fingerprint density at radius 3 is 2.90 bits per heavy atom. The lowest BCUT2D eigenvalue weighted by atomic mass is 10.2. The summed E-state index contributed by atoms with van der Waals surface area (Å²) < 4.78 is 10.7. The van der Waals surface area contributed by atoms with Gasteiger partial charge in [-0.1, -0.05) is 6.07 Å². The second-order valence-corrected chi connectivity index (χ2v) is 4.50. The number of hydrogen-bond donors (Lipinski definition) is 2. The molecule has 0 radical (unpaired) electrons. The van der Waals surface area contributed by atoms with E-state index in [0.717, 1.165) is 41.7 Å². The minimum atomic E-state index is 0.308. The molecule has 1 aromatic heterocycles. The predicted octanol–water partition coefficient (Wildman–Crippen LogP) is 2.85. The van der Waals surface area contributed by atoms with E-state index in [4.69, 9.17) is 9.47 Å². The topological polar surface area (TPSA) is 55.4 Å². The Morgan fingerprint density at radius 1 is 1.10 bits per heavy atom. The SMILES string of the molecule is CCNc1cc(NCc2ccc3c(c2)OCO3)ccn1. The summed E-state index contributed by atoms with van der Waals surface area (Å²) in [6.45, 7) is 3.95. The number of aromatic nitrogens is 1. The van der Waals surface area contributed by atoms with Gasteiger partial charge in [-0.05, 0) is 30.7 Å². The van der Waals surface area contributed by atoms with Crippen molar-refractivity contribution in [3.05, 3.63) is 42.1 Å². The smallest absolute Gasteiger partial charge is 0.231 e. The van der Waals surface area contributed by atoms with Crippen LogP contribution >= 0.6 is 0 Å². The van der Waals surface area contributed by atoms with E-state index in [9.17, 15) is 0 Å². The van der Waals surface area contributed by atoms with Gasteiger partial charge in [-0.15, -0.1) is 0 Å². The molecule has 5 nitrogen and oxygen atoms in total. The fourth-order valence-electron chi connectivity index (χ4n) is 2.07. The van der Waals surface area contributed by atoms with E-state index >= 15 is 0 Å². The number of nitrogens with one attached hydrogen (secondary N) is 2. The van der Waals surface area contributed by atoms with Gasteiger partial charge in [0.25, 0.3) is 0 Å². The Bertz CT molecular complexity index is 601. The maximum Gasteiger partial charge on any atom is 0.231 e. The third-order valence-corrected chi connectivity index (χ3v) is 3.05. The number of hydrogen-bond acceptors (Lipinski definition) is 5. The van der Waals surface area contributed by atoms with Crippen LogP contribution < -0.4 is 20.1 Å². The highest BCUT2D eigenvalue weighted by molar-refractivity contribution is 5.52. The molecule has 0 spiro atoms. The van der Waals surface area contributed by atoms with Crippen molar-refractivity contribution in [1.29, 1.82) is 0 Å². The summed E-state index contributed by atoms with van der Waals surface area (Å²) in [5.74, 6) is 2.50. The van der Waals surface area contributed by atoms with Crippen LogP contribution in [0.15, 0.2) is 36.5 Å². The van der Waals surface area contributed by atoms with Gasteiger partial charge in [0.15, 0.2) is 11.5 Å². The summed E-state index contributed by atoms with van der Waals surface area (Å²) in [6.07, 6.45) is 1.79. The summed E-state index contributed by atoms with van der Waals surface area (Å²) in [5, 5.41) is 6.57. The third kappa shape index (κ3) is 2.77. The Kier molecular flexibility index (Phi) is 3.58. The number of rotatable bonds is 5. The van der Waals surface area contributed by atoms with Gasteiger partial charge >= 0.3 is 0 Å². The summed E-state index contributed by atoms with van der Waals surface area (Å²) in [4.78, 5) is 4.24. The molecule has 104 valence electrons. The van der Waals surface area contributed by atoms with Gasteiger partial charge in [0, 0.05) is 31.0 Å². The molecular formula is C15H17N3O2. The molecule has 0 fully saturated rings. The first-order chi connectivity index (χ1) is 9.85. The quantitative estimate of drug-likeness (QED) is 0.875. The second-order valence-electron chi connectivity index (χ2n) is 4.50. The number of anilines is 2. The zero-order valence-corrected chi connectivity index (χ0v) is 11.3. The highest BCUT2D eigenvalue weighted by Crippen LogP contribution is 2.32. The molecule has 0 aliphatic carbocycles. The number of nitrogens with zero attached hydrogens (tertiary/aromatic N) is 1. The van der Waals surface area contributed by atoms with Crippen LogP contribution in [0.25, 0.3) is 0 Å². The Balaban J connectivity index is 1.65. The third-order valence-electron chi connectivity index (χ3n) is 3.05. The van der Waals surface area contributed by atoms with Crippen molar-refractivity contribution in [3.8, 4) is 11.5 Å². The number of pyridine rings is 1. The Hall–Kier alpha value is -2.43. The molecule has 0 atom stereocenters. The molecule has 20 heavy (non-hydrogen) atoms. The van der Waals surface area contributed by atoms with Crippen molar-refractivity contribution in [2.45, 2.75) is 13.5 Å². The zero-order valence-electron chi connectivity index (χ0n) is 11.3. The fourth-order valence-corrected chi connectivity index (χ4v) is 2.07. The first-order valence-corrected chi connectivity index (χ1v) is 6.67. The minimum Gasteiger partial charge on any atom is -0.454 e. The molecule has 2 N–H and O–H groups in total. The standard InChI is InChI=1S/C15H17N3O2/c1-2-16-15-8-12(5-6-17-15)18-9-11-3-4-13-14(7-11)20-10-19-13/h3-8H,2,9-10H2,1H3,(H2,16,17,18). The monoisotopic (exact) mass is 271 g/mol. The summed E-state index contributed by atoms with van der Waals surface area (Å²) in [7, 11) is 0. The normalized spacial score (nSPS) is 12.2. The maximum atomic E-state index is 5.37. The molecule has 1 aromatic carbocycles. The Labute approximate surface area is 117 Å². The summed E-state index contributed by atoms with van der Waals surface area (Å²) >= 11 is 0. The van der Waals surface area contributed by atoms with Crippen LogP contribution in [0.4, 0.5) is 11.5 Å². The van der Waals surface area contributed by atoms with Crippen LogP contribution in [0.5, 0.6) is 11.5 Å². The van der Waals surface area contributed by atoms with E-state index < -0.39 is 0 Å². The summed E-state index contributed by atoms with van der Waals surface area (Å²) in [5.41, 5.74) is 2.18. The molecular weight excluding hydrogens is 254 g/mol. The molecule has 5 heteroatoms. The minimum absolute atomic E-state index is 0.308. The number of ether oxygens (including phenoxy) is 2. The van der Waals surface area contributed by atoms with E-state index in [-0.39, 0.29) is 0 Å². The van der Waals surface area contributed by atoms with Gasteiger partial charge in [-0.25, -0.2) is 4.98 Å². The van der Waals surface area contributed by atoms with Crippen molar-refractivity contribution < 1.29 is 9.47 Å². The summed E-state index contributed by atoms with van der Waals surface area (Å²) in [6, 6.07) is 9.93. The van der Waals surface area contributed by atoms with Gasteiger partial charge in [0.05, 0.1) is 0 Å². The molecule has 3 rings (SSSR count). The highest BCUT2D eigenvalue weighted by atomic mass is 16.7. The first kappa shape index (κ1) is 12.6. The van der Waals surface area contributed by atoms with Gasteiger partial charge in [0.2, 0.25) is 6.79 Å². The molecule has 1 aliphatic rings. The van der Waals surface area contributed by atoms with E-state index in [1.165, 1.54) is 0 Å². The van der Waals surface area contributed by atoms with Gasteiger partial charge in [0.1, 0.15) is 5.82 Å². The molecule has 2 heterocycles. The van der Waals surface area contributed by atoms with Gasteiger partial charge in [-0.3, -0.25) is 0 Å². The van der Waals surface area contributed by atoms with Crippen LogP contribution in [0.2, 0.25) is 0 Å². The Morgan fingerprint density at radius 2 is 2.00 bits per heavy atom. The molecule has 0 bridgehead atoms. The van der Waals surface area contributed by atoms with Crippen molar-refractivity contribution in [3.63, 3.8) is 0 Å². The second kappa shape index (κ2) is 5.69. The number of benzene rings is 1. The molecule has 0 unspecified atom stereocenters. The van der Waals surface area contributed by atoms with Crippen molar-refractivity contribution in [1.82, 2.24) is 4.98 Å². The van der Waals surface area contributed by atoms with E-state index in [1.807, 2.05) is 37.3 Å². The average Bonchev–Trinajstić information content (AvgIpc) is 2.93. The molecule has 2 aromatic rings. The molecule has 0 saturated carbocycles. The molecule has 0 saturated heterocycles. The van der Waals surface area contributed by atoms with Crippen molar-refractivity contribution in [2.75, 3.05) is 24.0 Å². The van der Waals surface area contributed by atoms with Crippen LogP contribution in [0.1, 0.15) is 12.5 Å². The van der Waals surface area contributed by atoms with Crippen LogP contribution in [-0.4, -0.2) is 18.3 Å². The predicted molar refractivity (Wildman–Crippen MR) is 78.3 cm³/mol. The lowest BCUT2D eigenvalue weighted by molar-refractivity contribution is 0.174. The maximum absolute atomic E-state index is 5.37. The van der Waals surface area contributed by atoms with E-state index in [2.05, 4.69) is 15.6 Å².